The molecule has 2 aliphatic carbocycles. The summed E-state index contributed by atoms with van der Waals surface area (Å²) >= 11 is 13.0. The molecule has 0 aromatic rings. The molecule has 1 atom stereocenters. The molecule has 1 unspecified atom stereocenters. The quantitative estimate of drug-likeness (QED) is 0.599. The van der Waals surface area contributed by atoms with Crippen molar-refractivity contribution in [3.8, 4) is 0 Å². The van der Waals surface area contributed by atoms with Gasteiger partial charge in [0, 0.05) is 12.1 Å². The highest BCUT2D eigenvalue weighted by Gasteiger charge is 2.36. The van der Waals surface area contributed by atoms with E-state index in [4.69, 9.17) is 27.4 Å². The zero-order valence-electron chi connectivity index (χ0n) is 11.5. The molecule has 0 heterocycles. The van der Waals surface area contributed by atoms with Gasteiger partial charge in [0.05, 0.1) is 0 Å². The molecule has 0 radical (unpaired) electrons. The predicted octanol–water partition coefficient (Wildman–Crippen LogP) is 5.03. The third-order valence-corrected chi connectivity index (χ3v) is 6.25. The van der Waals surface area contributed by atoms with E-state index in [9.17, 15) is 4.21 Å². The lowest BCUT2D eigenvalue weighted by Crippen LogP contribution is -2.47. The van der Waals surface area contributed by atoms with Crippen molar-refractivity contribution in [2.75, 3.05) is 0 Å². The standard InChI is InChI=1S/C13H22BrCl2NO2S/c14-13(15,16)19-20(18)17(11-7-3-1-4-8-11)12-9-5-2-6-10-12/h11-12H,1-10H2. The molecular weight excluding hydrogens is 385 g/mol. The first-order valence-corrected chi connectivity index (χ1v) is 10.0. The molecule has 0 bridgehead atoms. The molecule has 2 fully saturated rings. The van der Waals surface area contributed by atoms with Crippen molar-refractivity contribution in [3.63, 3.8) is 0 Å². The van der Waals surface area contributed by atoms with Crippen molar-refractivity contribution in [2.24, 2.45) is 0 Å². The minimum Gasteiger partial charge on any atom is -0.228 e. The zero-order chi connectivity index (χ0) is 14.6. The summed E-state index contributed by atoms with van der Waals surface area (Å²) in [6.07, 6.45) is 11.7. The number of rotatable bonds is 5. The van der Waals surface area contributed by atoms with E-state index in [1.54, 1.807) is 0 Å². The van der Waals surface area contributed by atoms with E-state index in [2.05, 4.69) is 15.9 Å². The maximum atomic E-state index is 12.6. The fourth-order valence-corrected chi connectivity index (χ4v) is 5.16. The Hall–Kier alpha value is 1.13. The monoisotopic (exact) mass is 405 g/mol. The van der Waals surface area contributed by atoms with Gasteiger partial charge < -0.3 is 0 Å². The van der Waals surface area contributed by atoms with Gasteiger partial charge in [0.15, 0.2) is 0 Å². The Morgan fingerprint density at radius 1 is 0.950 bits per heavy atom. The van der Waals surface area contributed by atoms with Crippen LogP contribution in [-0.4, -0.2) is 24.0 Å². The maximum Gasteiger partial charge on any atom is 0.289 e. The highest BCUT2D eigenvalue weighted by molar-refractivity contribution is 9.11. The van der Waals surface area contributed by atoms with Crippen molar-refractivity contribution >= 4 is 50.4 Å². The molecule has 2 rings (SSSR count). The lowest BCUT2D eigenvalue weighted by molar-refractivity contribution is 0.157. The maximum absolute atomic E-state index is 12.6. The summed E-state index contributed by atoms with van der Waals surface area (Å²) in [4.78, 5) is 0. The highest BCUT2D eigenvalue weighted by atomic mass is 79.9. The fraction of sp³-hybridized carbons (Fsp3) is 1.00. The van der Waals surface area contributed by atoms with Crippen LogP contribution < -0.4 is 0 Å². The van der Waals surface area contributed by atoms with Crippen molar-refractivity contribution in [1.82, 2.24) is 4.31 Å². The van der Waals surface area contributed by atoms with Crippen LogP contribution in [0.25, 0.3) is 0 Å². The fourth-order valence-electron chi connectivity index (χ4n) is 3.34. The number of alkyl halides is 3. The van der Waals surface area contributed by atoms with Gasteiger partial charge in [0.2, 0.25) is 11.3 Å². The van der Waals surface area contributed by atoms with E-state index in [1.165, 1.54) is 38.5 Å². The number of nitrogens with zero attached hydrogens (tertiary/aromatic N) is 1. The van der Waals surface area contributed by atoms with E-state index < -0.39 is 14.7 Å². The molecule has 118 valence electrons. The van der Waals surface area contributed by atoms with E-state index in [0.717, 1.165) is 25.7 Å². The first kappa shape index (κ1) is 17.5. The smallest absolute Gasteiger partial charge is 0.228 e. The zero-order valence-corrected chi connectivity index (χ0v) is 15.4. The van der Waals surface area contributed by atoms with Crippen LogP contribution in [0.1, 0.15) is 64.2 Å². The van der Waals surface area contributed by atoms with Gasteiger partial charge >= 0.3 is 0 Å². The summed E-state index contributed by atoms with van der Waals surface area (Å²) in [5.41, 5.74) is 0. The average molecular weight is 407 g/mol. The molecular formula is C13H22BrCl2NO2S. The van der Waals surface area contributed by atoms with Gasteiger partial charge in [0.1, 0.15) is 0 Å². The molecule has 0 N–H and O–H groups in total. The summed E-state index contributed by atoms with van der Waals surface area (Å²) in [6.45, 7) is 0. The number of halogens is 3. The first-order chi connectivity index (χ1) is 9.47. The summed E-state index contributed by atoms with van der Waals surface area (Å²) in [7, 11) is 0. The minimum absolute atomic E-state index is 0.330. The van der Waals surface area contributed by atoms with Crippen LogP contribution in [-0.2, 0) is 15.4 Å². The van der Waals surface area contributed by atoms with Crippen LogP contribution in [0, 0.1) is 0 Å². The lowest BCUT2D eigenvalue weighted by atomic mass is 9.91. The van der Waals surface area contributed by atoms with Crippen LogP contribution in [0.4, 0.5) is 0 Å². The largest absolute Gasteiger partial charge is 0.289 e. The summed E-state index contributed by atoms with van der Waals surface area (Å²) in [5, 5.41) is 0. The Morgan fingerprint density at radius 3 is 1.70 bits per heavy atom. The lowest BCUT2D eigenvalue weighted by Gasteiger charge is -2.39. The van der Waals surface area contributed by atoms with Crippen LogP contribution >= 0.6 is 39.1 Å². The van der Waals surface area contributed by atoms with Gasteiger partial charge in [-0.05, 0) is 41.6 Å². The molecule has 2 saturated carbocycles. The first-order valence-electron chi connectivity index (χ1n) is 7.44. The third-order valence-electron chi connectivity index (χ3n) is 4.21. The van der Waals surface area contributed by atoms with E-state index in [0.29, 0.717) is 12.1 Å². The van der Waals surface area contributed by atoms with Gasteiger partial charge in [-0.1, -0.05) is 61.7 Å². The Morgan fingerprint density at radius 2 is 1.35 bits per heavy atom. The SMILES string of the molecule is O=S(OC(Cl)(Cl)Br)N(C1CCCCC1)C1CCCCC1. The van der Waals surface area contributed by atoms with Gasteiger partial charge in [-0.25, -0.2) is 8.39 Å². The minimum atomic E-state index is -1.60. The molecule has 0 aromatic heterocycles. The summed E-state index contributed by atoms with van der Waals surface area (Å²) < 4.78 is 18.3. The second-order valence-corrected chi connectivity index (χ2v) is 10.0. The van der Waals surface area contributed by atoms with E-state index in [-0.39, 0.29) is 0 Å². The highest BCUT2D eigenvalue weighted by Crippen LogP contribution is 2.36. The Bertz CT molecular complexity index is 311. The molecule has 7 heteroatoms. The Kier molecular flexibility index (Phi) is 7.09. The molecule has 3 nitrogen and oxygen atoms in total. The van der Waals surface area contributed by atoms with E-state index >= 15 is 0 Å². The molecule has 2 aliphatic rings. The number of hydrogen-bond acceptors (Lipinski definition) is 2. The average Bonchev–Trinajstić information content (AvgIpc) is 2.39. The van der Waals surface area contributed by atoms with Crippen molar-refractivity contribution in [1.29, 1.82) is 0 Å². The molecule has 0 aromatic carbocycles. The van der Waals surface area contributed by atoms with Crippen LogP contribution in [0.2, 0.25) is 0 Å². The van der Waals surface area contributed by atoms with Gasteiger partial charge in [0.25, 0.3) is 3.43 Å². The topological polar surface area (TPSA) is 29.5 Å². The molecule has 0 aliphatic heterocycles. The molecule has 0 amide bonds. The Balaban J connectivity index is 2.07. The Labute approximate surface area is 142 Å². The second-order valence-electron chi connectivity index (χ2n) is 5.69. The normalized spacial score (nSPS) is 25.0. The van der Waals surface area contributed by atoms with Gasteiger partial charge in [-0.2, -0.15) is 4.31 Å². The van der Waals surface area contributed by atoms with Crippen molar-refractivity contribution < 1.29 is 8.39 Å². The molecule has 20 heavy (non-hydrogen) atoms. The second kappa shape index (κ2) is 8.11. The molecule has 0 spiro atoms. The number of hydrogen-bond donors (Lipinski definition) is 0. The van der Waals surface area contributed by atoms with Crippen LogP contribution in [0.3, 0.4) is 0 Å². The van der Waals surface area contributed by atoms with Crippen LogP contribution in [0.5, 0.6) is 0 Å². The summed E-state index contributed by atoms with van der Waals surface area (Å²) in [6, 6.07) is 0.659. The van der Waals surface area contributed by atoms with Gasteiger partial charge in [-0.15, -0.1) is 0 Å². The van der Waals surface area contributed by atoms with E-state index in [1.807, 2.05) is 4.31 Å². The summed E-state index contributed by atoms with van der Waals surface area (Å²) in [5.74, 6) is 0. The molecule has 0 saturated heterocycles. The van der Waals surface area contributed by atoms with Crippen LogP contribution in [0.15, 0.2) is 0 Å². The van der Waals surface area contributed by atoms with Crippen molar-refractivity contribution in [3.05, 3.63) is 0 Å². The predicted molar refractivity (Wildman–Crippen MR) is 88.2 cm³/mol. The van der Waals surface area contributed by atoms with Crippen molar-refractivity contribution in [2.45, 2.75) is 79.7 Å². The third kappa shape index (κ3) is 5.40. The van der Waals surface area contributed by atoms with Gasteiger partial charge in [-0.3, -0.25) is 0 Å².